The van der Waals surface area contributed by atoms with Crippen molar-refractivity contribution in [2.24, 2.45) is 0 Å². The fourth-order valence-corrected chi connectivity index (χ4v) is 3.25. The molecule has 9 heteroatoms. The quantitative estimate of drug-likeness (QED) is 0.430. The molecule has 0 aliphatic rings. The highest BCUT2D eigenvalue weighted by molar-refractivity contribution is 7.16. The molecule has 0 radical (unpaired) electrons. The molecule has 3 aromatic rings. The van der Waals surface area contributed by atoms with Crippen LogP contribution in [0.3, 0.4) is 0 Å². The summed E-state index contributed by atoms with van der Waals surface area (Å²) in [5.41, 5.74) is 0.422. The van der Waals surface area contributed by atoms with Gasteiger partial charge in [0.25, 0.3) is 5.56 Å². The Morgan fingerprint density at radius 2 is 2.15 bits per heavy atom. The highest BCUT2D eigenvalue weighted by atomic mass is 32.1. The van der Waals surface area contributed by atoms with Crippen LogP contribution in [0.15, 0.2) is 35.1 Å². The van der Waals surface area contributed by atoms with Crippen LogP contribution >= 0.6 is 11.3 Å². The van der Waals surface area contributed by atoms with Crippen LogP contribution in [0.1, 0.15) is 28.0 Å². The fourth-order valence-electron chi connectivity index (χ4n) is 2.35. The highest BCUT2D eigenvalue weighted by Gasteiger charge is 2.12. The van der Waals surface area contributed by atoms with Crippen LogP contribution in [-0.2, 0) is 22.5 Å². The van der Waals surface area contributed by atoms with Crippen molar-refractivity contribution in [2.75, 3.05) is 20.3 Å². The van der Waals surface area contributed by atoms with E-state index in [-0.39, 0.29) is 12.2 Å². The lowest BCUT2D eigenvalue weighted by molar-refractivity contribution is 0.0467. The van der Waals surface area contributed by atoms with Crippen molar-refractivity contribution >= 4 is 22.3 Å². The van der Waals surface area contributed by atoms with Crippen molar-refractivity contribution < 1.29 is 19.0 Å². The second-order valence-electron chi connectivity index (χ2n) is 5.53. The van der Waals surface area contributed by atoms with Crippen molar-refractivity contribution in [1.82, 2.24) is 14.6 Å². The van der Waals surface area contributed by atoms with Gasteiger partial charge in [-0.25, -0.2) is 9.78 Å². The Hall–Kier alpha value is -2.78. The monoisotopic (exact) mass is 389 g/mol. The van der Waals surface area contributed by atoms with E-state index in [0.29, 0.717) is 41.6 Å². The minimum atomic E-state index is -0.516. The lowest BCUT2D eigenvalue weighted by atomic mass is 10.2. The van der Waals surface area contributed by atoms with Crippen molar-refractivity contribution in [2.45, 2.75) is 20.0 Å². The number of hydrogen-bond acceptors (Lipinski definition) is 8. The van der Waals surface area contributed by atoms with Gasteiger partial charge in [-0.3, -0.25) is 4.79 Å². The Morgan fingerprint density at radius 1 is 1.30 bits per heavy atom. The molecular formula is C18H19N3O5S. The maximum atomic E-state index is 12.2. The van der Waals surface area contributed by atoms with E-state index in [2.05, 4.69) is 10.1 Å². The summed E-state index contributed by atoms with van der Waals surface area (Å²) in [6.45, 7) is 2.99. The van der Waals surface area contributed by atoms with Gasteiger partial charge in [0.05, 0.1) is 25.0 Å². The summed E-state index contributed by atoms with van der Waals surface area (Å²) in [7, 11) is 1.52. The normalized spacial score (nSPS) is 10.9. The molecule has 0 aliphatic heterocycles. The average molecular weight is 389 g/mol. The molecule has 0 unspecified atom stereocenters. The molecule has 1 aromatic carbocycles. The van der Waals surface area contributed by atoms with Crippen LogP contribution < -0.4 is 10.3 Å². The van der Waals surface area contributed by atoms with E-state index in [1.54, 1.807) is 24.3 Å². The molecule has 0 bridgehead atoms. The van der Waals surface area contributed by atoms with Crippen molar-refractivity contribution in [3.63, 3.8) is 0 Å². The number of hydrogen-bond donors (Lipinski definition) is 0. The highest BCUT2D eigenvalue weighted by Crippen LogP contribution is 2.15. The number of carbonyl (C=O) groups is 1. The van der Waals surface area contributed by atoms with Gasteiger partial charge in [-0.05, 0) is 25.1 Å². The van der Waals surface area contributed by atoms with Crippen LogP contribution in [0.4, 0.5) is 0 Å². The molecule has 2 aromatic heterocycles. The first-order valence-electron chi connectivity index (χ1n) is 8.38. The van der Waals surface area contributed by atoms with Crippen LogP contribution in [0.5, 0.6) is 5.75 Å². The number of methoxy groups -OCH3 is 1. The Bertz CT molecular complexity index is 998. The Balaban J connectivity index is 1.71. The molecule has 0 atom stereocenters. The molecule has 3 rings (SSSR count). The molecule has 0 amide bonds. The van der Waals surface area contributed by atoms with E-state index < -0.39 is 5.97 Å². The van der Waals surface area contributed by atoms with E-state index in [0.717, 1.165) is 5.01 Å². The minimum absolute atomic E-state index is 0.103. The van der Waals surface area contributed by atoms with Gasteiger partial charge in [-0.15, -0.1) is 0 Å². The predicted molar refractivity (Wildman–Crippen MR) is 99.4 cm³/mol. The largest absolute Gasteiger partial charge is 0.497 e. The number of aromatic nitrogens is 3. The second-order valence-corrected chi connectivity index (χ2v) is 6.57. The molecule has 0 saturated carbocycles. The van der Waals surface area contributed by atoms with Gasteiger partial charge in [0, 0.05) is 19.1 Å². The van der Waals surface area contributed by atoms with Gasteiger partial charge in [0.2, 0.25) is 4.96 Å². The summed E-state index contributed by atoms with van der Waals surface area (Å²) in [5, 5.41) is 5.01. The molecule has 0 fully saturated rings. The second kappa shape index (κ2) is 8.74. The molecule has 0 aliphatic carbocycles. The summed E-state index contributed by atoms with van der Waals surface area (Å²) in [4.78, 5) is 29.2. The number of carbonyl (C=O) groups excluding carboxylic acids is 1. The smallest absolute Gasteiger partial charge is 0.338 e. The van der Waals surface area contributed by atoms with Crippen LogP contribution in [0.25, 0.3) is 4.96 Å². The number of benzene rings is 1. The first-order valence-corrected chi connectivity index (χ1v) is 9.20. The summed E-state index contributed by atoms with van der Waals surface area (Å²) in [6, 6.07) is 7.97. The molecule has 27 heavy (non-hydrogen) atoms. The Morgan fingerprint density at radius 3 is 2.93 bits per heavy atom. The van der Waals surface area contributed by atoms with E-state index in [4.69, 9.17) is 14.2 Å². The van der Waals surface area contributed by atoms with E-state index in [1.807, 2.05) is 6.92 Å². The third-order valence-electron chi connectivity index (χ3n) is 3.66. The topological polar surface area (TPSA) is 92.0 Å². The van der Waals surface area contributed by atoms with Crippen LogP contribution in [0, 0.1) is 0 Å². The summed E-state index contributed by atoms with van der Waals surface area (Å²) in [5.74, 6) is 0.0455. The number of esters is 1. The van der Waals surface area contributed by atoms with E-state index in [9.17, 15) is 9.59 Å². The molecule has 0 spiro atoms. The standard InChI is InChI=1S/C18H19N3O5S/c1-3-25-8-7-15-20-21-16(22)10-13(19-18(21)27-15)11-26-17(23)12-5-4-6-14(9-12)24-2/h4-6,9-10H,3,7-8,11H2,1-2H3. The zero-order valence-electron chi connectivity index (χ0n) is 15.0. The van der Waals surface area contributed by atoms with Gasteiger partial charge in [-0.2, -0.15) is 9.61 Å². The van der Waals surface area contributed by atoms with Crippen molar-refractivity contribution in [1.29, 1.82) is 0 Å². The Kier molecular flexibility index (Phi) is 6.15. The lowest BCUT2D eigenvalue weighted by Crippen LogP contribution is -2.17. The molecule has 142 valence electrons. The predicted octanol–water partition coefficient (Wildman–Crippen LogP) is 2.10. The summed E-state index contributed by atoms with van der Waals surface area (Å²) < 4.78 is 16.9. The van der Waals surface area contributed by atoms with Crippen LogP contribution in [0.2, 0.25) is 0 Å². The SMILES string of the molecule is CCOCCc1nn2c(=O)cc(COC(=O)c3cccc(OC)c3)nc2s1. The lowest BCUT2D eigenvalue weighted by Gasteiger charge is -2.05. The third kappa shape index (κ3) is 4.69. The minimum Gasteiger partial charge on any atom is -0.497 e. The van der Waals surface area contributed by atoms with Crippen molar-refractivity contribution in [3.05, 3.63) is 57.0 Å². The van der Waals surface area contributed by atoms with Gasteiger partial charge >= 0.3 is 5.97 Å². The Labute approximate surface area is 159 Å². The molecule has 0 saturated heterocycles. The van der Waals surface area contributed by atoms with E-state index >= 15 is 0 Å². The van der Waals surface area contributed by atoms with E-state index in [1.165, 1.54) is 29.0 Å². The summed E-state index contributed by atoms with van der Waals surface area (Å²) in [6.07, 6.45) is 0.613. The van der Waals surface area contributed by atoms with Gasteiger partial charge in [-0.1, -0.05) is 17.4 Å². The van der Waals surface area contributed by atoms with Gasteiger partial charge in [0.15, 0.2) is 0 Å². The number of ether oxygens (including phenoxy) is 3. The molecular weight excluding hydrogens is 370 g/mol. The van der Waals surface area contributed by atoms with Gasteiger partial charge in [0.1, 0.15) is 17.4 Å². The fraction of sp³-hybridized carbons (Fsp3) is 0.333. The number of rotatable bonds is 8. The first kappa shape index (κ1) is 19.0. The molecule has 2 heterocycles. The first-order chi connectivity index (χ1) is 13.1. The molecule has 8 nitrogen and oxygen atoms in total. The van der Waals surface area contributed by atoms with Gasteiger partial charge < -0.3 is 14.2 Å². The molecule has 0 N–H and O–H groups in total. The van der Waals surface area contributed by atoms with Crippen molar-refractivity contribution in [3.8, 4) is 5.75 Å². The third-order valence-corrected chi connectivity index (χ3v) is 4.63. The average Bonchev–Trinajstić information content (AvgIpc) is 3.10. The zero-order chi connectivity index (χ0) is 19.2. The summed E-state index contributed by atoms with van der Waals surface area (Å²) >= 11 is 1.32. The number of fused-ring (bicyclic) bond motifs is 1. The zero-order valence-corrected chi connectivity index (χ0v) is 15.8. The maximum absolute atomic E-state index is 12.2. The maximum Gasteiger partial charge on any atom is 0.338 e. The van der Waals surface area contributed by atoms with Crippen LogP contribution in [-0.4, -0.2) is 40.9 Å². The number of nitrogens with zero attached hydrogens (tertiary/aromatic N) is 3.